The van der Waals surface area contributed by atoms with Crippen LogP contribution in [0.15, 0.2) is 35.7 Å². The van der Waals surface area contributed by atoms with Crippen molar-refractivity contribution in [1.82, 2.24) is 0 Å². The van der Waals surface area contributed by atoms with E-state index in [1.807, 2.05) is 17.5 Å². The number of carbonyl (C=O) groups is 1. The highest BCUT2D eigenvalue weighted by atomic mass is 32.1. The molecule has 0 unspecified atom stereocenters. The summed E-state index contributed by atoms with van der Waals surface area (Å²) in [5.41, 5.74) is 3.25. The molecule has 1 heterocycles. The molecule has 1 aromatic heterocycles. The lowest BCUT2D eigenvalue weighted by Crippen LogP contribution is -2.02. The first-order valence-corrected chi connectivity index (χ1v) is 8.07. The monoisotopic (exact) mass is 328 g/mol. The summed E-state index contributed by atoms with van der Waals surface area (Å²) in [6.45, 7) is 2.08. The molecule has 0 spiro atoms. The van der Waals surface area contributed by atoms with Gasteiger partial charge in [-0.3, -0.25) is 0 Å². The number of esters is 1. The van der Waals surface area contributed by atoms with Crippen molar-refractivity contribution in [2.75, 3.05) is 13.7 Å². The van der Waals surface area contributed by atoms with Crippen molar-refractivity contribution in [2.24, 2.45) is 0 Å². The fraction of sp³-hybridized carbons (Fsp3) is 0.167. The molecule has 1 N–H and O–H groups in total. The Balaban J connectivity index is 2.27. The molecule has 118 valence electrons. The van der Waals surface area contributed by atoms with Crippen LogP contribution in [-0.2, 0) is 14.3 Å². The van der Waals surface area contributed by atoms with Crippen molar-refractivity contribution in [1.29, 1.82) is 0 Å². The zero-order chi connectivity index (χ0) is 16.4. The van der Waals surface area contributed by atoms with Crippen LogP contribution >= 0.6 is 11.3 Å². The second-order valence-corrected chi connectivity index (χ2v) is 5.87. The molecule has 0 saturated carbocycles. The number of phenols is 1. The van der Waals surface area contributed by atoms with E-state index in [1.54, 1.807) is 43.6 Å². The first kappa shape index (κ1) is 15.4. The predicted octanol–water partition coefficient (Wildman–Crippen LogP) is 3.91. The summed E-state index contributed by atoms with van der Waals surface area (Å²) in [6, 6.07) is 7.01. The maximum Gasteiger partial charge on any atom is 0.331 e. The molecule has 23 heavy (non-hydrogen) atoms. The summed E-state index contributed by atoms with van der Waals surface area (Å²) < 4.78 is 10.6. The maximum absolute atomic E-state index is 12.0. The van der Waals surface area contributed by atoms with E-state index in [-0.39, 0.29) is 5.75 Å². The third-order valence-electron chi connectivity index (χ3n) is 3.56. The minimum absolute atomic E-state index is 0.143. The highest BCUT2D eigenvalue weighted by Gasteiger charge is 2.22. The lowest BCUT2D eigenvalue weighted by molar-refractivity contribution is -0.137. The molecule has 0 atom stereocenters. The van der Waals surface area contributed by atoms with Crippen LogP contribution in [0.4, 0.5) is 0 Å². The quantitative estimate of drug-likeness (QED) is 0.686. The summed E-state index contributed by atoms with van der Waals surface area (Å²) in [5.74, 6) is 0.466. The number of methoxy groups -OCH3 is 1. The summed E-state index contributed by atoms with van der Waals surface area (Å²) in [4.78, 5) is 12.9. The second kappa shape index (κ2) is 6.30. The average molecular weight is 328 g/mol. The van der Waals surface area contributed by atoms with Gasteiger partial charge in [0.2, 0.25) is 0 Å². The van der Waals surface area contributed by atoms with E-state index < -0.39 is 5.97 Å². The first-order valence-electron chi connectivity index (χ1n) is 7.19. The summed E-state index contributed by atoms with van der Waals surface area (Å²) in [5, 5.41) is 11.8. The molecule has 1 aliphatic rings. The Hall–Kier alpha value is -2.53. The van der Waals surface area contributed by atoms with Crippen LogP contribution in [0, 0.1) is 0 Å². The van der Waals surface area contributed by atoms with E-state index >= 15 is 0 Å². The number of rotatable bonds is 3. The lowest BCUT2D eigenvalue weighted by Gasteiger charge is -2.10. The van der Waals surface area contributed by atoms with Crippen molar-refractivity contribution < 1.29 is 19.4 Å². The van der Waals surface area contributed by atoms with E-state index in [4.69, 9.17) is 9.47 Å². The van der Waals surface area contributed by atoms with Crippen LogP contribution in [0.2, 0.25) is 0 Å². The standard InChI is InChI=1S/C18H16O4S/c1-3-22-17(20)10-15-13-6-7-23-18(13)16(21-2)8-11-4-5-12(19)9-14(11)15/h4-10,19H,3H2,1-2H3. The minimum atomic E-state index is -0.408. The fourth-order valence-corrected chi connectivity index (χ4v) is 3.48. The number of ether oxygens (including phenoxy) is 2. The number of fused-ring (bicyclic) bond motifs is 2. The summed E-state index contributed by atoms with van der Waals surface area (Å²) in [7, 11) is 1.62. The van der Waals surface area contributed by atoms with Gasteiger partial charge in [0.1, 0.15) is 11.5 Å². The van der Waals surface area contributed by atoms with Crippen LogP contribution in [0.25, 0.3) is 17.4 Å². The highest BCUT2D eigenvalue weighted by Crippen LogP contribution is 2.41. The SMILES string of the molecule is CCOC(=O)C=C1c2cc(O)ccc2C=C(OC)c2sccc21. The predicted molar refractivity (Wildman–Crippen MR) is 91.0 cm³/mol. The molecule has 4 nitrogen and oxygen atoms in total. The molecule has 1 aliphatic carbocycles. The average Bonchev–Trinajstić information content (AvgIpc) is 2.97. The first-order chi connectivity index (χ1) is 11.1. The summed E-state index contributed by atoms with van der Waals surface area (Å²) in [6.07, 6.45) is 3.38. The molecule has 3 rings (SSSR count). The van der Waals surface area contributed by atoms with Crippen LogP contribution < -0.4 is 0 Å². The van der Waals surface area contributed by atoms with Gasteiger partial charge < -0.3 is 14.6 Å². The number of benzene rings is 1. The van der Waals surface area contributed by atoms with E-state index in [1.165, 1.54) is 6.08 Å². The number of hydrogen-bond donors (Lipinski definition) is 1. The lowest BCUT2D eigenvalue weighted by atomic mass is 9.95. The van der Waals surface area contributed by atoms with Gasteiger partial charge in [0.15, 0.2) is 0 Å². The largest absolute Gasteiger partial charge is 0.508 e. The molecule has 1 aromatic carbocycles. The summed E-state index contributed by atoms with van der Waals surface area (Å²) >= 11 is 1.54. The van der Waals surface area contributed by atoms with Gasteiger partial charge in [-0.1, -0.05) is 6.07 Å². The normalized spacial score (nSPS) is 14.5. The third-order valence-corrected chi connectivity index (χ3v) is 4.49. The van der Waals surface area contributed by atoms with Gasteiger partial charge in [0.05, 0.1) is 18.6 Å². The van der Waals surface area contributed by atoms with Crippen molar-refractivity contribution in [2.45, 2.75) is 6.92 Å². The number of carbonyl (C=O) groups excluding carboxylic acids is 1. The van der Waals surface area contributed by atoms with Crippen LogP contribution in [0.5, 0.6) is 5.75 Å². The molecular weight excluding hydrogens is 312 g/mol. The van der Waals surface area contributed by atoms with Crippen molar-refractivity contribution in [3.63, 3.8) is 0 Å². The number of hydrogen-bond acceptors (Lipinski definition) is 5. The molecule has 0 aliphatic heterocycles. The van der Waals surface area contributed by atoms with Crippen LogP contribution in [0.3, 0.4) is 0 Å². The Morgan fingerprint density at radius 2 is 2.13 bits per heavy atom. The zero-order valence-electron chi connectivity index (χ0n) is 12.8. The molecule has 0 bridgehead atoms. The van der Waals surface area contributed by atoms with Gasteiger partial charge in [-0.2, -0.15) is 0 Å². The topological polar surface area (TPSA) is 55.8 Å². The van der Waals surface area contributed by atoms with Crippen molar-refractivity contribution in [3.8, 4) is 5.75 Å². The van der Waals surface area contributed by atoms with Gasteiger partial charge in [-0.25, -0.2) is 4.79 Å². The van der Waals surface area contributed by atoms with Crippen LogP contribution in [0.1, 0.15) is 28.5 Å². The maximum atomic E-state index is 12.0. The second-order valence-electron chi connectivity index (χ2n) is 4.96. The van der Waals surface area contributed by atoms with Gasteiger partial charge >= 0.3 is 5.97 Å². The third kappa shape index (κ3) is 2.87. The van der Waals surface area contributed by atoms with E-state index in [0.717, 1.165) is 27.3 Å². The molecule has 0 fully saturated rings. The minimum Gasteiger partial charge on any atom is -0.508 e. The zero-order valence-corrected chi connectivity index (χ0v) is 13.6. The Bertz CT molecular complexity index is 814. The Morgan fingerprint density at radius 3 is 2.87 bits per heavy atom. The molecule has 0 amide bonds. The Morgan fingerprint density at radius 1 is 1.30 bits per heavy atom. The Labute approximate surface area is 138 Å². The highest BCUT2D eigenvalue weighted by molar-refractivity contribution is 7.11. The molecule has 2 aromatic rings. The fourth-order valence-electron chi connectivity index (χ4n) is 2.58. The van der Waals surface area contributed by atoms with E-state index in [0.29, 0.717) is 12.2 Å². The Kier molecular flexibility index (Phi) is 4.21. The molecule has 0 saturated heterocycles. The molecule has 0 radical (unpaired) electrons. The van der Waals surface area contributed by atoms with Crippen molar-refractivity contribution in [3.05, 3.63) is 57.3 Å². The van der Waals surface area contributed by atoms with Gasteiger partial charge in [-0.05, 0) is 53.3 Å². The molecule has 5 heteroatoms. The number of phenolic OH excluding ortho intramolecular Hbond substituents is 1. The number of thiophene rings is 1. The van der Waals surface area contributed by atoms with E-state index in [9.17, 15) is 9.90 Å². The van der Waals surface area contributed by atoms with Gasteiger partial charge in [0.25, 0.3) is 0 Å². The van der Waals surface area contributed by atoms with Crippen LogP contribution in [-0.4, -0.2) is 24.8 Å². The number of aromatic hydroxyl groups is 1. The van der Waals surface area contributed by atoms with E-state index in [2.05, 4.69) is 0 Å². The molecular formula is C18H16O4S. The van der Waals surface area contributed by atoms with Crippen molar-refractivity contribution >= 4 is 34.7 Å². The van der Waals surface area contributed by atoms with Gasteiger partial charge in [-0.15, -0.1) is 11.3 Å². The smallest absolute Gasteiger partial charge is 0.331 e. The van der Waals surface area contributed by atoms with Gasteiger partial charge in [0, 0.05) is 11.6 Å².